The second-order valence-corrected chi connectivity index (χ2v) is 6.93. The van der Waals surface area contributed by atoms with Crippen molar-refractivity contribution >= 4 is 5.91 Å². The first kappa shape index (κ1) is 14.4. The Morgan fingerprint density at radius 1 is 1.35 bits per heavy atom. The van der Waals surface area contributed by atoms with Gasteiger partial charge in [-0.1, -0.05) is 30.3 Å². The molecule has 1 aliphatic heterocycles. The molecule has 2 aromatic rings. The Bertz CT molecular complexity index is 748. The van der Waals surface area contributed by atoms with Crippen LogP contribution in [0.2, 0.25) is 0 Å². The number of likely N-dealkylation sites (tertiary alicyclic amines) is 1. The summed E-state index contributed by atoms with van der Waals surface area (Å²) >= 11 is 0. The van der Waals surface area contributed by atoms with Gasteiger partial charge < -0.3 is 9.42 Å². The first-order valence-electron chi connectivity index (χ1n) is 8.29. The molecular weight excluding hydrogens is 290 g/mol. The van der Waals surface area contributed by atoms with E-state index in [1.54, 1.807) is 6.92 Å². The third-order valence-corrected chi connectivity index (χ3v) is 5.20. The summed E-state index contributed by atoms with van der Waals surface area (Å²) < 4.78 is 5.56. The van der Waals surface area contributed by atoms with Gasteiger partial charge in [0.2, 0.25) is 5.91 Å². The fourth-order valence-corrected chi connectivity index (χ4v) is 3.54. The summed E-state index contributed by atoms with van der Waals surface area (Å²) in [5.41, 5.74) is 2.55. The second kappa shape index (κ2) is 5.18. The molecule has 4 rings (SSSR count). The molecule has 2 aliphatic rings. The minimum atomic E-state index is -0.0475. The van der Waals surface area contributed by atoms with Gasteiger partial charge in [-0.2, -0.15) is 4.98 Å². The van der Waals surface area contributed by atoms with Gasteiger partial charge >= 0.3 is 0 Å². The van der Waals surface area contributed by atoms with Crippen molar-refractivity contribution in [2.75, 3.05) is 6.54 Å². The van der Waals surface area contributed by atoms with E-state index in [1.807, 2.05) is 17.0 Å². The van der Waals surface area contributed by atoms with Crippen LogP contribution in [-0.2, 0) is 10.2 Å². The standard InChI is InChI=1S/C18H21N3O2/c1-12(22)21-11-5-8-15(21)16-19-17(23-20-16)13-6-3-4-7-14(13)18(2)9-10-18/h3-4,6-7,15H,5,8-11H2,1-2H3. The lowest BCUT2D eigenvalue weighted by Crippen LogP contribution is -2.28. The molecule has 1 amide bonds. The Morgan fingerprint density at radius 2 is 2.13 bits per heavy atom. The number of amides is 1. The summed E-state index contributed by atoms with van der Waals surface area (Å²) in [5, 5.41) is 4.17. The lowest BCUT2D eigenvalue weighted by Gasteiger charge is -2.19. The highest BCUT2D eigenvalue weighted by Gasteiger charge is 2.41. The summed E-state index contributed by atoms with van der Waals surface area (Å²) in [6, 6.07) is 8.23. The summed E-state index contributed by atoms with van der Waals surface area (Å²) in [6.07, 6.45) is 4.29. The van der Waals surface area contributed by atoms with Crippen molar-refractivity contribution in [1.29, 1.82) is 0 Å². The molecule has 120 valence electrons. The average molecular weight is 311 g/mol. The Labute approximate surface area is 135 Å². The summed E-state index contributed by atoms with van der Waals surface area (Å²) in [5.74, 6) is 1.27. The monoisotopic (exact) mass is 311 g/mol. The van der Waals surface area contributed by atoms with Crippen LogP contribution in [0.15, 0.2) is 28.8 Å². The third-order valence-electron chi connectivity index (χ3n) is 5.20. The first-order valence-corrected chi connectivity index (χ1v) is 8.29. The molecule has 23 heavy (non-hydrogen) atoms. The van der Waals surface area contributed by atoms with Crippen LogP contribution < -0.4 is 0 Å². The van der Waals surface area contributed by atoms with E-state index >= 15 is 0 Å². The molecule has 1 aromatic heterocycles. The topological polar surface area (TPSA) is 59.2 Å². The Hall–Kier alpha value is -2.17. The Morgan fingerprint density at radius 3 is 2.87 bits per heavy atom. The SMILES string of the molecule is CC(=O)N1CCCC1c1noc(-c2ccccc2C2(C)CC2)n1. The van der Waals surface area contributed by atoms with Gasteiger partial charge in [0.25, 0.3) is 5.89 Å². The molecule has 1 atom stereocenters. The average Bonchev–Trinajstić information content (AvgIpc) is 2.98. The second-order valence-electron chi connectivity index (χ2n) is 6.93. The van der Waals surface area contributed by atoms with Gasteiger partial charge in [0.1, 0.15) is 0 Å². The minimum absolute atomic E-state index is 0.0475. The van der Waals surface area contributed by atoms with E-state index in [9.17, 15) is 4.79 Å². The first-order chi connectivity index (χ1) is 11.1. The fraction of sp³-hybridized carbons (Fsp3) is 0.500. The van der Waals surface area contributed by atoms with E-state index in [1.165, 1.54) is 18.4 Å². The normalized spacial score (nSPS) is 22.3. The van der Waals surface area contributed by atoms with Crippen LogP contribution in [0.3, 0.4) is 0 Å². The van der Waals surface area contributed by atoms with Gasteiger partial charge in [-0.05, 0) is 42.7 Å². The van der Waals surface area contributed by atoms with Crippen molar-refractivity contribution in [3.63, 3.8) is 0 Å². The van der Waals surface area contributed by atoms with Crippen LogP contribution in [0.1, 0.15) is 57.0 Å². The summed E-state index contributed by atoms with van der Waals surface area (Å²) in [6.45, 7) is 4.65. The number of carbonyl (C=O) groups excluding carboxylic acids is 1. The van der Waals surface area contributed by atoms with Crippen molar-refractivity contribution < 1.29 is 9.32 Å². The molecule has 2 fully saturated rings. The number of benzene rings is 1. The number of hydrogen-bond acceptors (Lipinski definition) is 4. The van der Waals surface area contributed by atoms with Gasteiger partial charge in [0.05, 0.1) is 6.04 Å². The molecule has 1 saturated carbocycles. The molecule has 5 heteroatoms. The summed E-state index contributed by atoms with van der Waals surface area (Å²) in [7, 11) is 0. The maximum atomic E-state index is 11.7. The fourth-order valence-electron chi connectivity index (χ4n) is 3.54. The molecule has 1 aromatic carbocycles. The lowest BCUT2D eigenvalue weighted by molar-refractivity contribution is -0.129. The highest BCUT2D eigenvalue weighted by Crippen LogP contribution is 2.50. The van der Waals surface area contributed by atoms with Gasteiger partial charge in [-0.25, -0.2) is 0 Å². The van der Waals surface area contributed by atoms with Crippen molar-refractivity contribution in [2.45, 2.75) is 51.0 Å². The van der Waals surface area contributed by atoms with Crippen molar-refractivity contribution in [2.24, 2.45) is 0 Å². The predicted octanol–water partition coefficient (Wildman–Crippen LogP) is 3.47. The zero-order valence-electron chi connectivity index (χ0n) is 13.6. The maximum absolute atomic E-state index is 11.7. The molecule has 0 spiro atoms. The van der Waals surface area contributed by atoms with E-state index in [-0.39, 0.29) is 17.4 Å². The van der Waals surface area contributed by atoms with Gasteiger partial charge in [0, 0.05) is 19.0 Å². The largest absolute Gasteiger partial charge is 0.334 e. The van der Waals surface area contributed by atoms with Crippen molar-refractivity contribution in [3.05, 3.63) is 35.7 Å². The van der Waals surface area contributed by atoms with E-state index in [4.69, 9.17) is 4.52 Å². The number of aromatic nitrogens is 2. The zero-order chi connectivity index (χ0) is 16.0. The van der Waals surface area contributed by atoms with E-state index < -0.39 is 0 Å². The smallest absolute Gasteiger partial charge is 0.258 e. The zero-order valence-corrected chi connectivity index (χ0v) is 13.6. The quantitative estimate of drug-likeness (QED) is 0.871. The number of hydrogen-bond donors (Lipinski definition) is 0. The number of carbonyl (C=O) groups is 1. The lowest BCUT2D eigenvalue weighted by atomic mass is 9.93. The molecule has 1 aliphatic carbocycles. The third kappa shape index (κ3) is 2.44. The molecule has 2 heterocycles. The highest BCUT2D eigenvalue weighted by atomic mass is 16.5. The molecular formula is C18H21N3O2. The predicted molar refractivity (Wildman–Crippen MR) is 85.7 cm³/mol. The van der Waals surface area contributed by atoms with Crippen LogP contribution in [0.5, 0.6) is 0 Å². The van der Waals surface area contributed by atoms with Gasteiger partial charge in [0.15, 0.2) is 5.82 Å². The molecule has 1 saturated heterocycles. The van der Waals surface area contributed by atoms with Crippen LogP contribution in [0, 0.1) is 0 Å². The van der Waals surface area contributed by atoms with E-state index in [0.717, 1.165) is 24.9 Å². The van der Waals surface area contributed by atoms with E-state index in [0.29, 0.717) is 11.7 Å². The molecule has 0 N–H and O–H groups in total. The highest BCUT2D eigenvalue weighted by molar-refractivity contribution is 5.74. The number of rotatable bonds is 3. The van der Waals surface area contributed by atoms with Crippen LogP contribution in [0.4, 0.5) is 0 Å². The Kier molecular flexibility index (Phi) is 3.25. The minimum Gasteiger partial charge on any atom is -0.334 e. The molecule has 5 nitrogen and oxygen atoms in total. The Balaban J connectivity index is 1.68. The van der Waals surface area contributed by atoms with Crippen molar-refractivity contribution in [3.8, 4) is 11.5 Å². The van der Waals surface area contributed by atoms with Gasteiger partial charge in [-0.15, -0.1) is 0 Å². The van der Waals surface area contributed by atoms with E-state index in [2.05, 4.69) is 29.2 Å². The molecule has 1 unspecified atom stereocenters. The number of nitrogens with zero attached hydrogens (tertiary/aromatic N) is 3. The molecule has 0 bridgehead atoms. The maximum Gasteiger partial charge on any atom is 0.258 e. The van der Waals surface area contributed by atoms with Gasteiger partial charge in [-0.3, -0.25) is 4.79 Å². The summed E-state index contributed by atoms with van der Waals surface area (Å²) in [4.78, 5) is 18.2. The van der Waals surface area contributed by atoms with Crippen LogP contribution in [0.25, 0.3) is 11.5 Å². The van der Waals surface area contributed by atoms with Crippen LogP contribution in [-0.4, -0.2) is 27.5 Å². The van der Waals surface area contributed by atoms with Crippen LogP contribution >= 0.6 is 0 Å². The van der Waals surface area contributed by atoms with Crippen molar-refractivity contribution in [1.82, 2.24) is 15.0 Å². The molecule has 0 radical (unpaired) electrons.